The minimum atomic E-state index is 0. The summed E-state index contributed by atoms with van der Waals surface area (Å²) in [6, 6.07) is 10.2. The number of pyridine rings is 1. The van der Waals surface area contributed by atoms with E-state index in [2.05, 4.69) is 55.4 Å². The molecule has 0 aliphatic rings. The molecule has 0 saturated carbocycles. The number of aromatic nitrogens is 2. The number of ether oxygens (including phenoxy) is 1. The van der Waals surface area contributed by atoms with Crippen LogP contribution in [0.3, 0.4) is 0 Å². The van der Waals surface area contributed by atoms with Gasteiger partial charge in [-0.2, -0.15) is 0 Å². The van der Waals surface area contributed by atoms with E-state index in [-0.39, 0.29) is 12.4 Å². The van der Waals surface area contributed by atoms with Gasteiger partial charge in [-0.1, -0.05) is 17.7 Å². The van der Waals surface area contributed by atoms with Crippen LogP contribution < -0.4 is 4.74 Å². The molecule has 0 N–H and O–H groups in total. The molecule has 1 aromatic carbocycles. The Morgan fingerprint density at radius 3 is 2.39 bits per heavy atom. The van der Waals surface area contributed by atoms with Crippen LogP contribution in [0.2, 0.25) is 0 Å². The first-order chi connectivity index (χ1) is 10.6. The number of fused-ring (bicyclic) bond motifs is 1. The summed E-state index contributed by atoms with van der Waals surface area (Å²) in [6.45, 7) is 10.0. The van der Waals surface area contributed by atoms with E-state index in [1.54, 1.807) is 0 Å². The fourth-order valence-electron chi connectivity index (χ4n) is 2.95. The second kappa shape index (κ2) is 7.05. The highest BCUT2D eigenvalue weighted by molar-refractivity contribution is 5.86. The molecule has 0 amide bonds. The van der Waals surface area contributed by atoms with Crippen molar-refractivity contribution < 1.29 is 4.74 Å². The maximum atomic E-state index is 5.93. The molecule has 2 heterocycles. The SMILES string of the molecule is CCn1c(C)c(C)c2ccnc(COc3ccc(C)cc3)c21.Cl. The highest BCUT2D eigenvalue weighted by Crippen LogP contribution is 2.27. The van der Waals surface area contributed by atoms with Crippen LogP contribution in [0.25, 0.3) is 10.9 Å². The lowest BCUT2D eigenvalue weighted by atomic mass is 10.2. The largest absolute Gasteiger partial charge is 0.487 e. The van der Waals surface area contributed by atoms with Gasteiger partial charge in [0.1, 0.15) is 18.1 Å². The van der Waals surface area contributed by atoms with Gasteiger partial charge in [-0.15, -0.1) is 12.4 Å². The Morgan fingerprint density at radius 2 is 1.74 bits per heavy atom. The second-order valence-corrected chi connectivity index (χ2v) is 5.71. The molecular weight excluding hydrogens is 308 g/mol. The van der Waals surface area contributed by atoms with E-state index >= 15 is 0 Å². The van der Waals surface area contributed by atoms with Crippen molar-refractivity contribution in [3.05, 3.63) is 59.0 Å². The lowest BCUT2D eigenvalue weighted by molar-refractivity contribution is 0.302. The molecule has 3 nitrogen and oxygen atoms in total. The third kappa shape index (κ3) is 3.20. The topological polar surface area (TPSA) is 27.1 Å². The predicted octanol–water partition coefficient (Wildman–Crippen LogP) is 4.98. The van der Waals surface area contributed by atoms with E-state index in [0.717, 1.165) is 18.0 Å². The Bertz CT molecular complexity index is 806. The van der Waals surface area contributed by atoms with Crippen LogP contribution in [0.5, 0.6) is 5.75 Å². The molecule has 0 saturated heterocycles. The predicted molar refractivity (Wildman–Crippen MR) is 97.6 cm³/mol. The number of benzene rings is 1. The molecule has 0 atom stereocenters. The second-order valence-electron chi connectivity index (χ2n) is 5.71. The molecule has 0 aliphatic heterocycles. The Balaban J connectivity index is 0.00000192. The average Bonchev–Trinajstić information content (AvgIpc) is 2.79. The van der Waals surface area contributed by atoms with E-state index in [0.29, 0.717) is 6.61 Å². The van der Waals surface area contributed by atoms with Crippen LogP contribution in [0.4, 0.5) is 0 Å². The molecule has 0 spiro atoms. The van der Waals surface area contributed by atoms with Crippen LogP contribution in [-0.4, -0.2) is 9.55 Å². The first-order valence-corrected chi connectivity index (χ1v) is 7.74. The van der Waals surface area contributed by atoms with Gasteiger partial charge in [-0.3, -0.25) is 4.98 Å². The Hall–Kier alpha value is -2.00. The van der Waals surface area contributed by atoms with Crippen LogP contribution in [0.15, 0.2) is 36.5 Å². The Kier molecular flexibility index (Phi) is 5.32. The third-order valence-corrected chi connectivity index (χ3v) is 4.33. The van der Waals surface area contributed by atoms with Gasteiger partial charge in [-0.25, -0.2) is 0 Å². The number of rotatable bonds is 4. The summed E-state index contributed by atoms with van der Waals surface area (Å²) in [6.07, 6.45) is 1.88. The molecule has 0 radical (unpaired) electrons. The van der Waals surface area contributed by atoms with Gasteiger partial charge in [0.25, 0.3) is 0 Å². The van der Waals surface area contributed by atoms with Crippen molar-refractivity contribution in [2.24, 2.45) is 0 Å². The summed E-state index contributed by atoms with van der Waals surface area (Å²) < 4.78 is 8.25. The summed E-state index contributed by atoms with van der Waals surface area (Å²) in [4.78, 5) is 4.56. The van der Waals surface area contributed by atoms with E-state index < -0.39 is 0 Å². The van der Waals surface area contributed by atoms with Gasteiger partial charge in [0.15, 0.2) is 0 Å². The maximum Gasteiger partial charge on any atom is 0.132 e. The van der Waals surface area contributed by atoms with Crippen LogP contribution in [0, 0.1) is 20.8 Å². The van der Waals surface area contributed by atoms with Crippen LogP contribution in [-0.2, 0) is 13.2 Å². The summed E-state index contributed by atoms with van der Waals surface area (Å²) in [5.74, 6) is 0.882. The van der Waals surface area contributed by atoms with Crippen molar-refractivity contribution in [1.82, 2.24) is 9.55 Å². The zero-order valence-electron chi connectivity index (χ0n) is 14.1. The van der Waals surface area contributed by atoms with E-state index in [1.807, 2.05) is 18.3 Å². The third-order valence-electron chi connectivity index (χ3n) is 4.33. The fourth-order valence-corrected chi connectivity index (χ4v) is 2.95. The lowest BCUT2D eigenvalue weighted by Crippen LogP contribution is -2.04. The molecule has 122 valence electrons. The van der Waals surface area contributed by atoms with Gasteiger partial charge in [0.05, 0.1) is 5.52 Å². The monoisotopic (exact) mass is 330 g/mol. The Morgan fingerprint density at radius 1 is 1.04 bits per heavy atom. The van der Waals surface area contributed by atoms with Gasteiger partial charge >= 0.3 is 0 Å². The first-order valence-electron chi connectivity index (χ1n) is 7.74. The van der Waals surface area contributed by atoms with Crippen LogP contribution >= 0.6 is 12.4 Å². The summed E-state index contributed by atoms with van der Waals surface area (Å²) in [5.41, 5.74) is 6.07. The summed E-state index contributed by atoms with van der Waals surface area (Å²) in [7, 11) is 0. The maximum absolute atomic E-state index is 5.93. The molecule has 2 aromatic heterocycles. The molecule has 3 aromatic rings. The molecule has 4 heteroatoms. The highest BCUT2D eigenvalue weighted by atomic mass is 35.5. The molecule has 0 aliphatic carbocycles. The standard InChI is InChI=1S/C19H22N2O.ClH/c1-5-21-15(4)14(3)17-10-11-20-18(19(17)21)12-22-16-8-6-13(2)7-9-16;/h6-11H,5,12H2,1-4H3;1H. The minimum absolute atomic E-state index is 0. The summed E-state index contributed by atoms with van der Waals surface area (Å²) >= 11 is 0. The van der Waals surface area contributed by atoms with Gasteiger partial charge in [0, 0.05) is 23.8 Å². The van der Waals surface area contributed by atoms with E-state index in [1.165, 1.54) is 27.7 Å². The zero-order valence-corrected chi connectivity index (χ0v) is 14.9. The normalized spacial score (nSPS) is 10.6. The first kappa shape index (κ1) is 17.4. The quantitative estimate of drug-likeness (QED) is 0.674. The summed E-state index contributed by atoms with van der Waals surface area (Å²) in [5, 5.41) is 1.27. The van der Waals surface area contributed by atoms with Gasteiger partial charge in [-0.05, 0) is 51.5 Å². The molecule has 0 unspecified atom stereocenters. The molecule has 0 bridgehead atoms. The lowest BCUT2D eigenvalue weighted by Gasteiger charge is -2.10. The smallest absolute Gasteiger partial charge is 0.132 e. The van der Waals surface area contributed by atoms with Gasteiger partial charge < -0.3 is 9.30 Å². The van der Waals surface area contributed by atoms with Crippen molar-refractivity contribution in [3.63, 3.8) is 0 Å². The van der Waals surface area contributed by atoms with Crippen molar-refractivity contribution in [2.45, 2.75) is 40.8 Å². The number of hydrogen-bond donors (Lipinski definition) is 0. The van der Waals surface area contributed by atoms with Crippen molar-refractivity contribution >= 4 is 23.3 Å². The minimum Gasteiger partial charge on any atom is -0.487 e. The van der Waals surface area contributed by atoms with Crippen LogP contribution in [0.1, 0.15) is 29.4 Å². The average molecular weight is 331 g/mol. The molecule has 0 fully saturated rings. The number of halogens is 1. The van der Waals surface area contributed by atoms with Crippen molar-refractivity contribution in [2.75, 3.05) is 0 Å². The fraction of sp³-hybridized carbons (Fsp3) is 0.316. The number of aryl methyl sites for hydroxylation is 3. The molecule has 3 rings (SSSR count). The van der Waals surface area contributed by atoms with E-state index in [9.17, 15) is 0 Å². The zero-order chi connectivity index (χ0) is 15.7. The Labute approximate surface area is 143 Å². The van der Waals surface area contributed by atoms with Crippen molar-refractivity contribution in [3.8, 4) is 5.75 Å². The number of hydrogen-bond acceptors (Lipinski definition) is 2. The molecule has 23 heavy (non-hydrogen) atoms. The highest BCUT2D eigenvalue weighted by Gasteiger charge is 2.14. The molecular formula is C19H23ClN2O. The number of nitrogens with zero attached hydrogens (tertiary/aromatic N) is 2. The van der Waals surface area contributed by atoms with Gasteiger partial charge in [0.2, 0.25) is 0 Å². The van der Waals surface area contributed by atoms with Crippen molar-refractivity contribution in [1.29, 1.82) is 0 Å². The van der Waals surface area contributed by atoms with E-state index in [4.69, 9.17) is 4.74 Å².